The SMILES string of the molecule is CCCC(=O)N(CC(=O)NCC(=O)Nc1ccc(C)cc1)C(C)C. The average Bonchev–Trinajstić information content (AvgIpc) is 2.52. The van der Waals surface area contributed by atoms with Gasteiger partial charge in [0, 0.05) is 18.2 Å². The van der Waals surface area contributed by atoms with E-state index in [1.807, 2.05) is 39.8 Å². The van der Waals surface area contributed by atoms with E-state index in [2.05, 4.69) is 10.6 Å². The monoisotopic (exact) mass is 333 g/mol. The van der Waals surface area contributed by atoms with Crippen LogP contribution in [0.5, 0.6) is 0 Å². The summed E-state index contributed by atoms with van der Waals surface area (Å²) in [7, 11) is 0. The van der Waals surface area contributed by atoms with E-state index in [0.29, 0.717) is 12.1 Å². The summed E-state index contributed by atoms with van der Waals surface area (Å²) in [6.45, 7) is 7.46. The van der Waals surface area contributed by atoms with E-state index in [9.17, 15) is 14.4 Å². The third kappa shape index (κ3) is 6.81. The molecule has 0 aliphatic carbocycles. The summed E-state index contributed by atoms with van der Waals surface area (Å²) in [5.41, 5.74) is 1.79. The second-order valence-electron chi connectivity index (χ2n) is 6.06. The molecule has 0 fully saturated rings. The fraction of sp³-hybridized carbons (Fsp3) is 0.500. The van der Waals surface area contributed by atoms with E-state index >= 15 is 0 Å². The molecule has 0 atom stereocenters. The number of rotatable bonds is 8. The van der Waals surface area contributed by atoms with E-state index in [1.165, 1.54) is 4.90 Å². The quantitative estimate of drug-likeness (QED) is 0.764. The highest BCUT2D eigenvalue weighted by Crippen LogP contribution is 2.08. The molecule has 0 saturated heterocycles. The summed E-state index contributed by atoms with van der Waals surface area (Å²) >= 11 is 0. The summed E-state index contributed by atoms with van der Waals surface area (Å²) in [6.07, 6.45) is 1.15. The highest BCUT2D eigenvalue weighted by Gasteiger charge is 2.19. The zero-order chi connectivity index (χ0) is 18.1. The number of amides is 3. The normalized spacial score (nSPS) is 10.4. The van der Waals surface area contributed by atoms with E-state index in [0.717, 1.165) is 12.0 Å². The molecule has 24 heavy (non-hydrogen) atoms. The van der Waals surface area contributed by atoms with Gasteiger partial charge in [-0.1, -0.05) is 24.6 Å². The number of aryl methyl sites for hydroxylation is 1. The van der Waals surface area contributed by atoms with Gasteiger partial charge in [0.15, 0.2) is 0 Å². The van der Waals surface area contributed by atoms with Crippen LogP contribution in [0.3, 0.4) is 0 Å². The van der Waals surface area contributed by atoms with Gasteiger partial charge in [-0.2, -0.15) is 0 Å². The molecule has 0 saturated carbocycles. The number of hydrogen-bond donors (Lipinski definition) is 2. The van der Waals surface area contributed by atoms with Gasteiger partial charge < -0.3 is 15.5 Å². The molecule has 0 aliphatic heterocycles. The van der Waals surface area contributed by atoms with E-state index in [-0.39, 0.29) is 36.9 Å². The third-order valence-electron chi connectivity index (χ3n) is 3.50. The van der Waals surface area contributed by atoms with E-state index in [1.54, 1.807) is 12.1 Å². The second-order valence-corrected chi connectivity index (χ2v) is 6.06. The van der Waals surface area contributed by atoms with Crippen molar-refractivity contribution >= 4 is 23.4 Å². The van der Waals surface area contributed by atoms with Crippen LogP contribution in [0.25, 0.3) is 0 Å². The minimum Gasteiger partial charge on any atom is -0.345 e. The molecule has 0 aromatic heterocycles. The van der Waals surface area contributed by atoms with Crippen LogP contribution >= 0.6 is 0 Å². The largest absolute Gasteiger partial charge is 0.345 e. The Bertz CT molecular complexity index is 567. The van der Waals surface area contributed by atoms with Gasteiger partial charge >= 0.3 is 0 Å². The molecule has 6 heteroatoms. The summed E-state index contributed by atoms with van der Waals surface area (Å²) in [4.78, 5) is 37.4. The van der Waals surface area contributed by atoms with Gasteiger partial charge in [0.1, 0.15) is 0 Å². The lowest BCUT2D eigenvalue weighted by molar-refractivity contribution is -0.137. The number of nitrogens with zero attached hydrogens (tertiary/aromatic N) is 1. The predicted octanol–water partition coefficient (Wildman–Crippen LogP) is 2.09. The number of carbonyl (C=O) groups excluding carboxylic acids is 3. The van der Waals surface area contributed by atoms with Crippen molar-refractivity contribution in [2.75, 3.05) is 18.4 Å². The molecule has 0 aliphatic rings. The summed E-state index contributed by atoms with van der Waals surface area (Å²) in [5, 5.41) is 5.26. The molecule has 6 nitrogen and oxygen atoms in total. The molecule has 3 amide bonds. The first-order valence-electron chi connectivity index (χ1n) is 8.26. The van der Waals surface area contributed by atoms with Gasteiger partial charge in [0.05, 0.1) is 13.1 Å². The van der Waals surface area contributed by atoms with Crippen molar-refractivity contribution in [1.82, 2.24) is 10.2 Å². The van der Waals surface area contributed by atoms with Crippen molar-refractivity contribution in [1.29, 1.82) is 0 Å². The Morgan fingerprint density at radius 2 is 1.71 bits per heavy atom. The van der Waals surface area contributed by atoms with Crippen LogP contribution in [-0.2, 0) is 14.4 Å². The molecule has 0 radical (unpaired) electrons. The van der Waals surface area contributed by atoms with Crippen molar-refractivity contribution in [2.24, 2.45) is 0 Å². The standard InChI is InChI=1S/C18H27N3O3/c1-5-6-18(24)21(13(2)3)12-17(23)19-11-16(22)20-15-9-7-14(4)8-10-15/h7-10,13H,5-6,11-12H2,1-4H3,(H,19,23)(H,20,22). The Kier molecular flexibility index (Phi) is 7.95. The predicted molar refractivity (Wildman–Crippen MR) is 94.6 cm³/mol. The minimum absolute atomic E-state index is 0.0334. The summed E-state index contributed by atoms with van der Waals surface area (Å²) < 4.78 is 0. The minimum atomic E-state index is -0.341. The van der Waals surface area contributed by atoms with E-state index in [4.69, 9.17) is 0 Å². The van der Waals surface area contributed by atoms with Gasteiger partial charge in [0.25, 0.3) is 0 Å². The molecule has 1 aromatic rings. The zero-order valence-electron chi connectivity index (χ0n) is 14.9. The van der Waals surface area contributed by atoms with E-state index < -0.39 is 0 Å². The molecule has 0 heterocycles. The topological polar surface area (TPSA) is 78.5 Å². The van der Waals surface area contributed by atoms with Crippen LogP contribution < -0.4 is 10.6 Å². The zero-order valence-corrected chi connectivity index (χ0v) is 14.9. The molecule has 2 N–H and O–H groups in total. The van der Waals surface area contributed by atoms with Crippen LogP contribution in [0.1, 0.15) is 39.2 Å². The van der Waals surface area contributed by atoms with Crippen molar-refractivity contribution < 1.29 is 14.4 Å². The van der Waals surface area contributed by atoms with Crippen molar-refractivity contribution in [3.05, 3.63) is 29.8 Å². The first-order valence-corrected chi connectivity index (χ1v) is 8.26. The van der Waals surface area contributed by atoms with Gasteiger partial charge in [-0.15, -0.1) is 0 Å². The average molecular weight is 333 g/mol. The van der Waals surface area contributed by atoms with Gasteiger partial charge in [0.2, 0.25) is 17.7 Å². The Morgan fingerprint density at radius 1 is 1.08 bits per heavy atom. The Hall–Kier alpha value is -2.37. The fourth-order valence-corrected chi connectivity index (χ4v) is 2.15. The number of benzene rings is 1. The molecule has 1 aromatic carbocycles. The fourth-order valence-electron chi connectivity index (χ4n) is 2.15. The molecule has 132 valence electrons. The summed E-state index contributed by atoms with van der Waals surface area (Å²) in [5.74, 6) is -0.692. The molecule has 1 rings (SSSR count). The lowest BCUT2D eigenvalue weighted by Gasteiger charge is -2.26. The maximum Gasteiger partial charge on any atom is 0.243 e. The number of hydrogen-bond acceptors (Lipinski definition) is 3. The summed E-state index contributed by atoms with van der Waals surface area (Å²) in [6, 6.07) is 7.34. The number of carbonyl (C=O) groups is 3. The van der Waals surface area contributed by atoms with Crippen LogP contribution in [0.15, 0.2) is 24.3 Å². The van der Waals surface area contributed by atoms with Crippen LogP contribution in [-0.4, -0.2) is 41.8 Å². The first kappa shape index (κ1) is 19.7. The maximum atomic E-state index is 12.0. The van der Waals surface area contributed by atoms with Gasteiger partial charge in [-0.05, 0) is 39.3 Å². The lowest BCUT2D eigenvalue weighted by Crippen LogP contribution is -2.45. The molecule has 0 unspecified atom stereocenters. The smallest absolute Gasteiger partial charge is 0.243 e. The third-order valence-corrected chi connectivity index (χ3v) is 3.50. The molecule has 0 spiro atoms. The number of nitrogens with one attached hydrogen (secondary N) is 2. The number of anilines is 1. The Labute approximate surface area is 143 Å². The van der Waals surface area contributed by atoms with Crippen LogP contribution in [0, 0.1) is 6.92 Å². The van der Waals surface area contributed by atoms with Gasteiger partial charge in [-0.25, -0.2) is 0 Å². The highest BCUT2D eigenvalue weighted by molar-refractivity contribution is 5.95. The van der Waals surface area contributed by atoms with Crippen LogP contribution in [0.4, 0.5) is 5.69 Å². The highest BCUT2D eigenvalue weighted by atomic mass is 16.2. The maximum absolute atomic E-state index is 12.0. The molecular weight excluding hydrogens is 306 g/mol. The van der Waals surface area contributed by atoms with Crippen molar-refractivity contribution in [3.63, 3.8) is 0 Å². The molecule has 0 bridgehead atoms. The first-order chi connectivity index (χ1) is 11.3. The Morgan fingerprint density at radius 3 is 2.25 bits per heavy atom. The van der Waals surface area contributed by atoms with Crippen LogP contribution in [0.2, 0.25) is 0 Å². The Balaban J connectivity index is 2.44. The lowest BCUT2D eigenvalue weighted by atomic mass is 10.2. The van der Waals surface area contributed by atoms with Crippen molar-refractivity contribution in [3.8, 4) is 0 Å². The molecular formula is C18H27N3O3. The van der Waals surface area contributed by atoms with Gasteiger partial charge in [-0.3, -0.25) is 14.4 Å². The van der Waals surface area contributed by atoms with Crippen molar-refractivity contribution in [2.45, 2.75) is 46.6 Å². The second kappa shape index (κ2) is 9.70.